The lowest BCUT2D eigenvalue weighted by molar-refractivity contribution is 0.259. The molecule has 5 heteroatoms. The summed E-state index contributed by atoms with van der Waals surface area (Å²) in [4.78, 5) is 10.8. The molecular weight excluding hydrogens is 272 g/mol. The Morgan fingerprint density at radius 3 is 2.35 bits per heavy atom. The first-order valence-electron chi connectivity index (χ1n) is 6.18. The minimum Gasteiger partial charge on any atom is -0.351 e. The lowest BCUT2D eigenvalue weighted by Crippen LogP contribution is -2.19. The van der Waals surface area contributed by atoms with E-state index >= 15 is 0 Å². The van der Waals surface area contributed by atoms with Crippen LogP contribution in [0.4, 0.5) is 10.5 Å². The van der Waals surface area contributed by atoms with Crippen LogP contribution in [-0.2, 0) is 22.3 Å². The van der Waals surface area contributed by atoms with Gasteiger partial charge < -0.3 is 11.1 Å². The standard InChI is InChI=1S/C15H16N2O2S/c16-15(18)17-14-8-4-7-13(9-14)11-20(19)10-12-5-2-1-3-6-12/h1-9H,10-11H2,(H3,16,17,18)/t20-/m1/s1. The van der Waals surface area contributed by atoms with Crippen molar-refractivity contribution >= 4 is 22.5 Å². The van der Waals surface area contributed by atoms with Crippen molar-refractivity contribution in [3.63, 3.8) is 0 Å². The molecule has 0 heterocycles. The average molecular weight is 288 g/mol. The number of anilines is 1. The van der Waals surface area contributed by atoms with E-state index in [1.54, 1.807) is 18.2 Å². The number of nitrogens with two attached hydrogens (primary N) is 1. The molecule has 104 valence electrons. The van der Waals surface area contributed by atoms with Gasteiger partial charge in [-0.15, -0.1) is 0 Å². The maximum Gasteiger partial charge on any atom is 0.316 e. The predicted molar refractivity (Wildman–Crippen MR) is 81.6 cm³/mol. The number of primary amides is 1. The number of carbonyl (C=O) groups excluding carboxylic acids is 1. The van der Waals surface area contributed by atoms with Crippen molar-refractivity contribution in [2.75, 3.05) is 5.32 Å². The van der Waals surface area contributed by atoms with E-state index in [2.05, 4.69) is 5.32 Å². The van der Waals surface area contributed by atoms with Crippen LogP contribution in [0.3, 0.4) is 0 Å². The molecule has 1 atom stereocenters. The van der Waals surface area contributed by atoms with Crippen molar-refractivity contribution < 1.29 is 9.00 Å². The summed E-state index contributed by atoms with van der Waals surface area (Å²) in [5.41, 5.74) is 7.65. The Bertz CT molecular complexity index is 614. The quantitative estimate of drug-likeness (QED) is 0.887. The van der Waals surface area contributed by atoms with Crippen LogP contribution in [0.15, 0.2) is 54.6 Å². The van der Waals surface area contributed by atoms with Crippen LogP contribution < -0.4 is 11.1 Å². The fraction of sp³-hybridized carbons (Fsp3) is 0.133. The zero-order valence-corrected chi connectivity index (χ0v) is 11.7. The number of benzene rings is 2. The van der Waals surface area contributed by atoms with E-state index < -0.39 is 16.8 Å². The first kappa shape index (κ1) is 14.3. The van der Waals surface area contributed by atoms with E-state index in [4.69, 9.17) is 5.73 Å². The van der Waals surface area contributed by atoms with E-state index in [1.165, 1.54) is 0 Å². The molecule has 2 aromatic rings. The summed E-state index contributed by atoms with van der Waals surface area (Å²) < 4.78 is 12.1. The van der Waals surface area contributed by atoms with Crippen LogP contribution >= 0.6 is 0 Å². The highest BCUT2D eigenvalue weighted by Gasteiger charge is 2.05. The smallest absolute Gasteiger partial charge is 0.316 e. The summed E-state index contributed by atoms with van der Waals surface area (Å²) in [5, 5.41) is 2.51. The van der Waals surface area contributed by atoms with Gasteiger partial charge in [-0.25, -0.2) is 4.79 Å². The van der Waals surface area contributed by atoms with Gasteiger partial charge in [0.2, 0.25) is 0 Å². The molecule has 2 rings (SSSR count). The van der Waals surface area contributed by atoms with Crippen molar-refractivity contribution in [1.29, 1.82) is 0 Å². The Morgan fingerprint density at radius 1 is 1.00 bits per heavy atom. The number of hydrogen-bond donors (Lipinski definition) is 2. The number of carbonyl (C=O) groups is 1. The molecule has 0 unspecified atom stereocenters. The summed E-state index contributed by atoms with van der Waals surface area (Å²) in [6, 6.07) is 16.3. The summed E-state index contributed by atoms with van der Waals surface area (Å²) in [6.45, 7) is 0. The van der Waals surface area contributed by atoms with Crippen LogP contribution in [0.2, 0.25) is 0 Å². The summed E-state index contributed by atoms with van der Waals surface area (Å²) in [6.07, 6.45) is 0. The van der Waals surface area contributed by atoms with Crippen LogP contribution in [0.1, 0.15) is 11.1 Å². The van der Waals surface area contributed by atoms with Gasteiger partial charge in [0.25, 0.3) is 0 Å². The minimum atomic E-state index is -0.987. The molecule has 0 radical (unpaired) electrons. The topological polar surface area (TPSA) is 72.2 Å². The molecule has 0 saturated heterocycles. The monoisotopic (exact) mass is 288 g/mol. The zero-order valence-electron chi connectivity index (χ0n) is 10.9. The van der Waals surface area contributed by atoms with Crippen molar-refractivity contribution in [3.05, 3.63) is 65.7 Å². The molecule has 0 spiro atoms. The highest BCUT2D eigenvalue weighted by Crippen LogP contribution is 2.14. The van der Waals surface area contributed by atoms with Crippen molar-refractivity contribution in [2.24, 2.45) is 5.73 Å². The normalized spacial score (nSPS) is 11.8. The zero-order chi connectivity index (χ0) is 14.4. The van der Waals surface area contributed by atoms with E-state index in [1.807, 2.05) is 36.4 Å². The van der Waals surface area contributed by atoms with Gasteiger partial charge in [0, 0.05) is 28.0 Å². The Kier molecular flexibility index (Phi) is 4.90. The Balaban J connectivity index is 1.99. The predicted octanol–water partition coefficient (Wildman–Crippen LogP) is 2.63. The van der Waals surface area contributed by atoms with Gasteiger partial charge in [-0.2, -0.15) is 0 Å². The number of urea groups is 1. The van der Waals surface area contributed by atoms with Crippen molar-refractivity contribution in [3.8, 4) is 0 Å². The molecule has 0 aliphatic rings. The maximum atomic E-state index is 12.1. The van der Waals surface area contributed by atoms with Gasteiger partial charge in [0.05, 0.1) is 0 Å². The SMILES string of the molecule is NC(=O)Nc1cccc(C[S@](=O)Cc2ccccc2)c1. The molecule has 0 saturated carbocycles. The fourth-order valence-corrected chi connectivity index (χ4v) is 3.10. The van der Waals surface area contributed by atoms with Crippen LogP contribution in [0.5, 0.6) is 0 Å². The molecule has 0 aliphatic heterocycles. The lowest BCUT2D eigenvalue weighted by Gasteiger charge is -2.06. The van der Waals surface area contributed by atoms with Crippen LogP contribution in [0.25, 0.3) is 0 Å². The molecular formula is C15H16N2O2S. The number of hydrogen-bond acceptors (Lipinski definition) is 2. The first-order chi connectivity index (χ1) is 9.63. The molecule has 20 heavy (non-hydrogen) atoms. The van der Waals surface area contributed by atoms with Gasteiger partial charge in [-0.3, -0.25) is 4.21 Å². The van der Waals surface area contributed by atoms with E-state index in [0.29, 0.717) is 17.2 Å². The second kappa shape index (κ2) is 6.86. The molecule has 0 aliphatic carbocycles. The average Bonchev–Trinajstić information content (AvgIpc) is 2.39. The molecule has 2 amide bonds. The summed E-state index contributed by atoms with van der Waals surface area (Å²) in [7, 11) is -0.987. The molecule has 0 fully saturated rings. The highest BCUT2D eigenvalue weighted by molar-refractivity contribution is 7.83. The number of nitrogens with one attached hydrogen (secondary N) is 1. The van der Waals surface area contributed by atoms with Crippen molar-refractivity contribution in [1.82, 2.24) is 0 Å². The maximum absolute atomic E-state index is 12.1. The second-order valence-electron chi connectivity index (χ2n) is 4.40. The van der Waals surface area contributed by atoms with Crippen LogP contribution in [-0.4, -0.2) is 10.2 Å². The minimum absolute atomic E-state index is 0.448. The van der Waals surface area contributed by atoms with Gasteiger partial charge in [-0.1, -0.05) is 42.5 Å². The van der Waals surface area contributed by atoms with Crippen molar-refractivity contribution in [2.45, 2.75) is 11.5 Å². The summed E-state index contributed by atoms with van der Waals surface area (Å²) >= 11 is 0. The summed E-state index contributed by atoms with van der Waals surface area (Å²) in [5.74, 6) is 0.970. The lowest BCUT2D eigenvalue weighted by atomic mass is 10.2. The number of amides is 2. The van der Waals surface area contributed by atoms with Gasteiger partial charge in [-0.05, 0) is 23.3 Å². The Hall–Kier alpha value is -2.14. The molecule has 0 bridgehead atoms. The third-order valence-corrected chi connectivity index (χ3v) is 4.00. The van der Waals surface area contributed by atoms with Crippen LogP contribution in [0, 0.1) is 0 Å². The third kappa shape index (κ3) is 4.51. The molecule has 4 nitrogen and oxygen atoms in total. The highest BCUT2D eigenvalue weighted by atomic mass is 32.2. The Labute approximate surface area is 120 Å². The largest absolute Gasteiger partial charge is 0.351 e. The first-order valence-corrected chi connectivity index (χ1v) is 7.66. The third-order valence-electron chi connectivity index (χ3n) is 2.69. The second-order valence-corrected chi connectivity index (χ2v) is 5.86. The molecule has 3 N–H and O–H groups in total. The van der Waals surface area contributed by atoms with Gasteiger partial charge in [0.1, 0.15) is 0 Å². The van der Waals surface area contributed by atoms with E-state index in [0.717, 1.165) is 11.1 Å². The van der Waals surface area contributed by atoms with Gasteiger partial charge in [0.15, 0.2) is 0 Å². The number of rotatable bonds is 5. The van der Waals surface area contributed by atoms with Gasteiger partial charge >= 0.3 is 6.03 Å². The molecule has 0 aromatic heterocycles. The molecule has 2 aromatic carbocycles. The Morgan fingerprint density at radius 2 is 1.65 bits per heavy atom. The fourth-order valence-electron chi connectivity index (χ4n) is 1.88. The van der Waals surface area contributed by atoms with E-state index in [9.17, 15) is 9.00 Å². The van der Waals surface area contributed by atoms with E-state index in [-0.39, 0.29) is 0 Å².